The molecule has 6 heteroatoms. The molecule has 1 aliphatic rings. The van der Waals surface area contributed by atoms with Crippen molar-refractivity contribution < 1.29 is 4.74 Å². The normalized spacial score (nSPS) is 16.8. The van der Waals surface area contributed by atoms with Crippen molar-refractivity contribution in [3.8, 4) is 5.75 Å². The largest absolute Gasteiger partial charge is 0.496 e. The molecule has 1 aromatic carbocycles. The number of piperazine rings is 1. The number of nitrogens with zero attached hydrogens (tertiary/aromatic N) is 5. The Balaban J connectivity index is 1.59. The summed E-state index contributed by atoms with van der Waals surface area (Å²) in [5.41, 5.74) is 4.21. The molecule has 0 amide bonds. The molecule has 0 unspecified atom stereocenters. The lowest BCUT2D eigenvalue weighted by Crippen LogP contribution is -2.60. The summed E-state index contributed by atoms with van der Waals surface area (Å²) < 4.78 is 7.57. The van der Waals surface area contributed by atoms with Crippen molar-refractivity contribution in [3.05, 3.63) is 48.0 Å². The highest BCUT2D eigenvalue weighted by Gasteiger charge is 2.35. The number of methoxy groups -OCH3 is 1. The molecule has 142 valence electrons. The third kappa shape index (κ3) is 3.20. The highest BCUT2D eigenvalue weighted by atomic mass is 16.5. The number of imidazole rings is 1. The molecule has 0 spiro atoms. The summed E-state index contributed by atoms with van der Waals surface area (Å²) in [5.74, 6) is 1.93. The van der Waals surface area contributed by atoms with Crippen LogP contribution in [-0.2, 0) is 0 Å². The molecule has 6 nitrogen and oxygen atoms in total. The van der Waals surface area contributed by atoms with Gasteiger partial charge in [-0.3, -0.25) is 0 Å². The van der Waals surface area contributed by atoms with Crippen LogP contribution in [0.4, 0.5) is 11.5 Å². The molecule has 2 aromatic heterocycles. The number of hydrogen-bond acceptors (Lipinski definition) is 5. The van der Waals surface area contributed by atoms with E-state index in [0.29, 0.717) is 0 Å². The first-order valence-electron chi connectivity index (χ1n) is 9.36. The number of ether oxygens (including phenoxy) is 1. The Morgan fingerprint density at radius 3 is 2.67 bits per heavy atom. The predicted octanol–water partition coefficient (Wildman–Crippen LogP) is 3.46. The molecule has 0 aliphatic carbocycles. The number of anilines is 2. The molecule has 3 aromatic rings. The number of hydrogen-bond donors (Lipinski definition) is 0. The van der Waals surface area contributed by atoms with Crippen LogP contribution in [0.2, 0.25) is 0 Å². The second kappa shape index (κ2) is 6.44. The Morgan fingerprint density at radius 2 is 1.93 bits per heavy atom. The lowest BCUT2D eigenvalue weighted by atomic mass is 9.98. The van der Waals surface area contributed by atoms with Gasteiger partial charge in [-0.2, -0.15) is 0 Å². The second-order valence-electron chi connectivity index (χ2n) is 7.93. The third-order valence-corrected chi connectivity index (χ3v) is 5.38. The highest BCUT2D eigenvalue weighted by Crippen LogP contribution is 2.31. The van der Waals surface area contributed by atoms with Crippen LogP contribution in [0.15, 0.2) is 36.8 Å². The van der Waals surface area contributed by atoms with Gasteiger partial charge in [0.05, 0.1) is 30.7 Å². The molecule has 0 N–H and O–H groups in total. The van der Waals surface area contributed by atoms with E-state index in [1.807, 2.05) is 19.3 Å². The minimum Gasteiger partial charge on any atom is -0.496 e. The van der Waals surface area contributed by atoms with Crippen LogP contribution < -0.4 is 14.5 Å². The molecule has 0 radical (unpaired) electrons. The number of fused-ring (bicyclic) bond motifs is 1. The summed E-state index contributed by atoms with van der Waals surface area (Å²) in [5, 5.41) is 0. The van der Waals surface area contributed by atoms with Crippen LogP contribution in [0, 0.1) is 13.8 Å². The quantitative estimate of drug-likeness (QED) is 0.711. The molecule has 1 fully saturated rings. The molecule has 1 saturated heterocycles. The molecule has 0 saturated carbocycles. The summed E-state index contributed by atoms with van der Waals surface area (Å²) in [7, 11) is 1.73. The van der Waals surface area contributed by atoms with Gasteiger partial charge in [-0.15, -0.1) is 0 Å². The van der Waals surface area contributed by atoms with Crippen molar-refractivity contribution >= 4 is 17.2 Å². The Kier molecular flexibility index (Phi) is 4.21. The molecular weight excluding hydrogens is 338 g/mol. The van der Waals surface area contributed by atoms with Gasteiger partial charge in [-0.05, 0) is 39.3 Å². The Labute approximate surface area is 160 Å². The fraction of sp³-hybridized carbons (Fsp3) is 0.429. The van der Waals surface area contributed by atoms with Gasteiger partial charge in [0, 0.05) is 37.6 Å². The highest BCUT2D eigenvalue weighted by molar-refractivity contribution is 5.56. The summed E-state index contributed by atoms with van der Waals surface area (Å²) >= 11 is 0. The fourth-order valence-corrected chi connectivity index (χ4v) is 3.96. The van der Waals surface area contributed by atoms with Gasteiger partial charge in [0.2, 0.25) is 0 Å². The lowest BCUT2D eigenvalue weighted by molar-refractivity contribution is 0.405. The van der Waals surface area contributed by atoms with Crippen molar-refractivity contribution in [3.63, 3.8) is 0 Å². The van der Waals surface area contributed by atoms with Gasteiger partial charge in [0.15, 0.2) is 5.65 Å². The average Bonchev–Trinajstić information content (AvgIpc) is 3.00. The van der Waals surface area contributed by atoms with Crippen LogP contribution in [-0.4, -0.2) is 46.7 Å². The van der Waals surface area contributed by atoms with Crippen molar-refractivity contribution in [2.45, 2.75) is 33.2 Å². The first-order chi connectivity index (χ1) is 12.9. The third-order valence-electron chi connectivity index (χ3n) is 5.38. The zero-order valence-electron chi connectivity index (χ0n) is 16.7. The number of aryl methyl sites for hydroxylation is 2. The van der Waals surface area contributed by atoms with Gasteiger partial charge < -0.3 is 18.9 Å². The van der Waals surface area contributed by atoms with E-state index in [1.54, 1.807) is 7.11 Å². The summed E-state index contributed by atoms with van der Waals surface area (Å²) in [4.78, 5) is 14.0. The standard InChI is InChI=1S/C21H27N5O/c1-15-6-7-17(10-18(15)27-5)24-8-9-26(21(3,4)14-24)20-13-25-12-16(2)23-19(25)11-22-20/h6-7,10-13H,8-9,14H2,1-5H3. The predicted molar refractivity (Wildman–Crippen MR) is 109 cm³/mol. The number of aromatic nitrogens is 3. The Morgan fingerprint density at radius 1 is 1.11 bits per heavy atom. The van der Waals surface area contributed by atoms with Crippen LogP contribution in [0.3, 0.4) is 0 Å². The molecule has 0 atom stereocenters. The summed E-state index contributed by atoms with van der Waals surface area (Å²) in [6, 6.07) is 6.45. The average molecular weight is 365 g/mol. The first kappa shape index (κ1) is 17.6. The SMILES string of the molecule is COc1cc(N2CCN(c3cn4cc(C)nc4cn3)C(C)(C)C2)ccc1C. The van der Waals surface area contributed by atoms with E-state index in [-0.39, 0.29) is 5.54 Å². The molecule has 27 heavy (non-hydrogen) atoms. The van der Waals surface area contributed by atoms with Gasteiger partial charge in [-0.1, -0.05) is 6.07 Å². The summed E-state index contributed by atoms with van der Waals surface area (Å²) in [6.07, 6.45) is 5.99. The van der Waals surface area contributed by atoms with Crippen molar-refractivity contribution in [1.82, 2.24) is 14.4 Å². The van der Waals surface area contributed by atoms with Crippen LogP contribution >= 0.6 is 0 Å². The first-order valence-corrected chi connectivity index (χ1v) is 9.36. The minimum absolute atomic E-state index is 0.0489. The van der Waals surface area contributed by atoms with E-state index >= 15 is 0 Å². The van der Waals surface area contributed by atoms with Gasteiger partial charge in [0.25, 0.3) is 0 Å². The monoisotopic (exact) mass is 365 g/mol. The van der Waals surface area contributed by atoms with Crippen LogP contribution in [0.5, 0.6) is 5.75 Å². The van der Waals surface area contributed by atoms with E-state index in [2.05, 4.69) is 69.3 Å². The topological polar surface area (TPSA) is 45.9 Å². The van der Waals surface area contributed by atoms with Crippen molar-refractivity contribution in [2.24, 2.45) is 0 Å². The molecular formula is C21H27N5O. The molecule has 4 rings (SSSR count). The van der Waals surface area contributed by atoms with Crippen LogP contribution in [0.25, 0.3) is 5.65 Å². The van der Waals surface area contributed by atoms with Crippen molar-refractivity contribution in [1.29, 1.82) is 0 Å². The molecule has 0 bridgehead atoms. The summed E-state index contributed by atoms with van der Waals surface area (Å²) in [6.45, 7) is 11.4. The number of benzene rings is 1. The zero-order chi connectivity index (χ0) is 19.2. The maximum absolute atomic E-state index is 5.51. The fourth-order valence-electron chi connectivity index (χ4n) is 3.96. The lowest BCUT2D eigenvalue weighted by Gasteiger charge is -2.48. The maximum Gasteiger partial charge on any atom is 0.155 e. The van der Waals surface area contributed by atoms with E-state index in [9.17, 15) is 0 Å². The zero-order valence-corrected chi connectivity index (χ0v) is 16.7. The minimum atomic E-state index is -0.0489. The number of rotatable bonds is 3. The molecule has 1 aliphatic heterocycles. The van der Waals surface area contributed by atoms with Crippen LogP contribution in [0.1, 0.15) is 25.1 Å². The second-order valence-corrected chi connectivity index (χ2v) is 7.93. The smallest absolute Gasteiger partial charge is 0.155 e. The van der Waals surface area contributed by atoms with E-state index in [1.165, 1.54) is 5.69 Å². The molecule has 3 heterocycles. The maximum atomic E-state index is 5.51. The Bertz CT molecular complexity index is 978. The van der Waals surface area contributed by atoms with Gasteiger partial charge in [-0.25, -0.2) is 9.97 Å². The van der Waals surface area contributed by atoms with E-state index in [4.69, 9.17) is 4.74 Å². The Hall–Kier alpha value is -2.76. The van der Waals surface area contributed by atoms with Gasteiger partial charge in [0.1, 0.15) is 11.6 Å². The van der Waals surface area contributed by atoms with E-state index in [0.717, 1.165) is 48.1 Å². The van der Waals surface area contributed by atoms with E-state index < -0.39 is 0 Å². The van der Waals surface area contributed by atoms with Crippen molar-refractivity contribution in [2.75, 3.05) is 36.5 Å². The van der Waals surface area contributed by atoms with Gasteiger partial charge >= 0.3 is 0 Å².